The van der Waals surface area contributed by atoms with E-state index in [4.69, 9.17) is 4.74 Å². The Balaban J connectivity index is 1.72. The Morgan fingerprint density at radius 1 is 1.50 bits per heavy atom. The molecule has 5 heteroatoms. The number of para-hydroxylation sites is 1. The maximum absolute atomic E-state index is 13.0. The topological polar surface area (TPSA) is 50.4 Å². The van der Waals surface area contributed by atoms with Crippen molar-refractivity contribution in [2.24, 2.45) is 0 Å². The molecule has 2 N–H and O–H groups in total. The van der Waals surface area contributed by atoms with Crippen molar-refractivity contribution >= 4 is 5.91 Å². The van der Waals surface area contributed by atoms with E-state index in [0.717, 1.165) is 11.3 Å². The second kappa shape index (κ2) is 7.24. The van der Waals surface area contributed by atoms with Crippen molar-refractivity contribution in [3.05, 3.63) is 29.8 Å². The Labute approximate surface area is 118 Å². The summed E-state index contributed by atoms with van der Waals surface area (Å²) in [6.45, 7) is 0.882. The zero-order chi connectivity index (χ0) is 14.4. The Kier molecular flexibility index (Phi) is 5.35. The third kappa shape index (κ3) is 4.20. The van der Waals surface area contributed by atoms with E-state index < -0.39 is 6.17 Å². The number of rotatable bonds is 6. The van der Waals surface area contributed by atoms with Crippen LogP contribution in [0.1, 0.15) is 18.4 Å². The number of halogens is 1. The van der Waals surface area contributed by atoms with Crippen LogP contribution in [0.2, 0.25) is 0 Å². The summed E-state index contributed by atoms with van der Waals surface area (Å²) in [6.07, 6.45) is 0.740. The van der Waals surface area contributed by atoms with E-state index in [1.807, 2.05) is 24.3 Å². The van der Waals surface area contributed by atoms with Gasteiger partial charge in [-0.3, -0.25) is 4.79 Å². The fraction of sp³-hybridized carbons (Fsp3) is 0.533. The minimum Gasteiger partial charge on any atom is -0.496 e. The number of benzene rings is 1. The zero-order valence-electron chi connectivity index (χ0n) is 11.7. The molecule has 0 spiro atoms. The largest absolute Gasteiger partial charge is 0.496 e. The van der Waals surface area contributed by atoms with Crippen molar-refractivity contribution in [1.82, 2.24) is 10.6 Å². The number of carbonyl (C=O) groups excluding carboxylic acids is 1. The predicted molar refractivity (Wildman–Crippen MR) is 75.6 cm³/mol. The van der Waals surface area contributed by atoms with Gasteiger partial charge in [0.1, 0.15) is 11.9 Å². The van der Waals surface area contributed by atoms with Crippen LogP contribution in [0, 0.1) is 0 Å². The maximum Gasteiger partial charge on any atom is 0.220 e. The molecule has 1 aromatic rings. The monoisotopic (exact) mass is 280 g/mol. The first-order valence-corrected chi connectivity index (χ1v) is 6.95. The SMILES string of the molecule is COc1ccccc1CCC(=O)NC[C@@H]1C[C@H](F)CN1. The number of hydrogen-bond donors (Lipinski definition) is 2. The highest BCUT2D eigenvalue weighted by Gasteiger charge is 2.23. The van der Waals surface area contributed by atoms with Gasteiger partial charge in [-0.2, -0.15) is 0 Å². The molecule has 4 nitrogen and oxygen atoms in total. The first-order chi connectivity index (χ1) is 9.69. The number of carbonyl (C=O) groups is 1. The van der Waals surface area contributed by atoms with Crippen LogP contribution in [-0.4, -0.2) is 38.3 Å². The summed E-state index contributed by atoms with van der Waals surface area (Å²) >= 11 is 0. The van der Waals surface area contributed by atoms with E-state index in [-0.39, 0.29) is 11.9 Å². The van der Waals surface area contributed by atoms with E-state index in [0.29, 0.717) is 32.4 Å². The van der Waals surface area contributed by atoms with Crippen molar-refractivity contribution in [2.45, 2.75) is 31.5 Å². The highest BCUT2D eigenvalue weighted by molar-refractivity contribution is 5.76. The van der Waals surface area contributed by atoms with Gasteiger partial charge in [0.2, 0.25) is 5.91 Å². The lowest BCUT2D eigenvalue weighted by molar-refractivity contribution is -0.121. The number of alkyl halides is 1. The van der Waals surface area contributed by atoms with Gasteiger partial charge in [0, 0.05) is 25.6 Å². The van der Waals surface area contributed by atoms with Gasteiger partial charge in [0.25, 0.3) is 0 Å². The molecule has 1 fully saturated rings. The number of hydrogen-bond acceptors (Lipinski definition) is 3. The maximum atomic E-state index is 13.0. The molecule has 1 saturated heterocycles. The highest BCUT2D eigenvalue weighted by atomic mass is 19.1. The van der Waals surface area contributed by atoms with Gasteiger partial charge in [-0.15, -0.1) is 0 Å². The Morgan fingerprint density at radius 3 is 3.00 bits per heavy atom. The van der Waals surface area contributed by atoms with E-state index in [2.05, 4.69) is 10.6 Å². The first-order valence-electron chi connectivity index (χ1n) is 6.95. The van der Waals surface area contributed by atoms with Crippen LogP contribution < -0.4 is 15.4 Å². The predicted octanol–water partition coefficient (Wildman–Crippen LogP) is 1.44. The number of methoxy groups -OCH3 is 1. The fourth-order valence-corrected chi connectivity index (χ4v) is 2.41. The van der Waals surface area contributed by atoms with Gasteiger partial charge in [0.05, 0.1) is 7.11 Å². The molecule has 1 amide bonds. The lowest BCUT2D eigenvalue weighted by Crippen LogP contribution is -2.37. The fourth-order valence-electron chi connectivity index (χ4n) is 2.41. The van der Waals surface area contributed by atoms with E-state index >= 15 is 0 Å². The average molecular weight is 280 g/mol. The second-order valence-electron chi connectivity index (χ2n) is 5.05. The highest BCUT2D eigenvalue weighted by Crippen LogP contribution is 2.18. The molecule has 1 aliphatic heterocycles. The molecule has 0 unspecified atom stereocenters. The molecule has 1 aromatic carbocycles. The number of amides is 1. The molecule has 2 rings (SSSR count). The Hall–Kier alpha value is -1.62. The average Bonchev–Trinajstić information content (AvgIpc) is 2.89. The molecule has 0 aliphatic carbocycles. The lowest BCUT2D eigenvalue weighted by Gasteiger charge is -2.12. The summed E-state index contributed by atoms with van der Waals surface area (Å²) in [4.78, 5) is 11.8. The Morgan fingerprint density at radius 2 is 2.30 bits per heavy atom. The molecule has 0 saturated carbocycles. The molecular weight excluding hydrogens is 259 g/mol. The molecule has 110 valence electrons. The zero-order valence-corrected chi connectivity index (χ0v) is 11.7. The number of ether oxygens (including phenoxy) is 1. The molecule has 0 aromatic heterocycles. The number of nitrogens with one attached hydrogen (secondary N) is 2. The van der Waals surface area contributed by atoms with Crippen molar-refractivity contribution in [2.75, 3.05) is 20.2 Å². The van der Waals surface area contributed by atoms with Gasteiger partial charge in [-0.1, -0.05) is 18.2 Å². The summed E-state index contributed by atoms with van der Waals surface area (Å²) < 4.78 is 18.2. The summed E-state index contributed by atoms with van der Waals surface area (Å²) in [6, 6.07) is 7.73. The second-order valence-corrected chi connectivity index (χ2v) is 5.05. The molecule has 0 radical (unpaired) electrons. The van der Waals surface area contributed by atoms with Crippen LogP contribution in [0.25, 0.3) is 0 Å². The van der Waals surface area contributed by atoms with Gasteiger partial charge in [0.15, 0.2) is 0 Å². The Bertz CT molecular complexity index is 453. The van der Waals surface area contributed by atoms with Crippen molar-refractivity contribution in [1.29, 1.82) is 0 Å². The molecule has 20 heavy (non-hydrogen) atoms. The molecular formula is C15H21FN2O2. The van der Waals surface area contributed by atoms with Crippen molar-refractivity contribution < 1.29 is 13.9 Å². The molecule has 2 atom stereocenters. The van der Waals surface area contributed by atoms with Crippen molar-refractivity contribution in [3.8, 4) is 5.75 Å². The molecule has 0 bridgehead atoms. The quantitative estimate of drug-likeness (QED) is 0.829. The van der Waals surface area contributed by atoms with Gasteiger partial charge < -0.3 is 15.4 Å². The van der Waals surface area contributed by atoms with E-state index in [1.54, 1.807) is 7.11 Å². The molecule has 1 aliphatic rings. The number of aryl methyl sites for hydroxylation is 1. The normalized spacial score (nSPS) is 21.7. The molecule has 1 heterocycles. The first kappa shape index (κ1) is 14.8. The third-order valence-corrected chi connectivity index (χ3v) is 3.53. The van der Waals surface area contributed by atoms with Crippen LogP contribution in [0.15, 0.2) is 24.3 Å². The van der Waals surface area contributed by atoms with E-state index in [1.165, 1.54) is 0 Å². The van der Waals surface area contributed by atoms with Crippen LogP contribution in [-0.2, 0) is 11.2 Å². The van der Waals surface area contributed by atoms with Crippen LogP contribution >= 0.6 is 0 Å². The van der Waals surface area contributed by atoms with Gasteiger partial charge >= 0.3 is 0 Å². The smallest absolute Gasteiger partial charge is 0.220 e. The van der Waals surface area contributed by atoms with E-state index in [9.17, 15) is 9.18 Å². The standard InChI is InChI=1S/C15H21FN2O2/c1-20-14-5-3-2-4-11(14)6-7-15(19)18-10-13-8-12(16)9-17-13/h2-5,12-13,17H,6-10H2,1H3,(H,18,19)/t12-,13-/m0/s1. The summed E-state index contributed by atoms with van der Waals surface area (Å²) in [5.74, 6) is 0.790. The summed E-state index contributed by atoms with van der Waals surface area (Å²) in [5, 5.41) is 5.89. The van der Waals surface area contributed by atoms with Gasteiger partial charge in [-0.25, -0.2) is 4.39 Å². The summed E-state index contributed by atoms with van der Waals surface area (Å²) in [7, 11) is 1.62. The van der Waals surface area contributed by atoms with Crippen LogP contribution in [0.4, 0.5) is 4.39 Å². The van der Waals surface area contributed by atoms with Crippen LogP contribution in [0.3, 0.4) is 0 Å². The third-order valence-electron chi connectivity index (χ3n) is 3.53. The minimum absolute atomic E-state index is 0.0139. The summed E-state index contributed by atoms with van der Waals surface area (Å²) in [5.41, 5.74) is 1.02. The lowest BCUT2D eigenvalue weighted by atomic mass is 10.1. The van der Waals surface area contributed by atoms with Gasteiger partial charge in [-0.05, 0) is 24.5 Å². The van der Waals surface area contributed by atoms with Crippen molar-refractivity contribution in [3.63, 3.8) is 0 Å². The minimum atomic E-state index is -0.787. The van der Waals surface area contributed by atoms with Crippen LogP contribution in [0.5, 0.6) is 5.75 Å².